The number of nitrogens with one attached hydrogen (secondary N) is 1. The molecule has 0 bridgehead atoms. The van der Waals surface area contributed by atoms with Crippen molar-refractivity contribution in [2.24, 2.45) is 0 Å². The smallest absolute Gasteiger partial charge is 0.261 e. The SMILES string of the molecule is N#CCc1ccc(S(=O)(=O)Nc2cc(Cl)ccc2F)cc1. The normalized spacial score (nSPS) is 10.9. The number of benzene rings is 2. The van der Waals surface area contributed by atoms with Gasteiger partial charge >= 0.3 is 0 Å². The van der Waals surface area contributed by atoms with Crippen LogP contribution in [0.1, 0.15) is 5.56 Å². The summed E-state index contributed by atoms with van der Waals surface area (Å²) >= 11 is 5.72. The molecule has 0 saturated heterocycles. The average molecular weight is 325 g/mol. The molecule has 0 unspecified atom stereocenters. The van der Waals surface area contributed by atoms with Crippen LogP contribution in [0.5, 0.6) is 0 Å². The summed E-state index contributed by atoms with van der Waals surface area (Å²) in [6, 6.07) is 11.3. The van der Waals surface area contributed by atoms with Gasteiger partial charge in [-0.1, -0.05) is 23.7 Å². The maximum absolute atomic E-state index is 13.6. The zero-order valence-corrected chi connectivity index (χ0v) is 12.2. The van der Waals surface area contributed by atoms with Crippen LogP contribution in [0.25, 0.3) is 0 Å². The van der Waals surface area contributed by atoms with Gasteiger partial charge in [0.15, 0.2) is 0 Å². The Labute approximate surface area is 126 Å². The molecular formula is C14H10ClFN2O2S. The van der Waals surface area contributed by atoms with Crippen LogP contribution in [-0.4, -0.2) is 8.42 Å². The highest BCUT2D eigenvalue weighted by molar-refractivity contribution is 7.92. The molecule has 0 heterocycles. The van der Waals surface area contributed by atoms with E-state index in [1.807, 2.05) is 6.07 Å². The van der Waals surface area contributed by atoms with Crippen LogP contribution in [0.15, 0.2) is 47.4 Å². The highest BCUT2D eigenvalue weighted by atomic mass is 35.5. The van der Waals surface area contributed by atoms with Gasteiger partial charge in [-0.15, -0.1) is 0 Å². The molecule has 0 atom stereocenters. The molecule has 7 heteroatoms. The standard InChI is InChI=1S/C14H10ClFN2O2S/c15-11-3-6-13(16)14(9-11)18-21(19,20)12-4-1-10(2-5-12)7-8-17/h1-6,9,18H,7H2. The van der Waals surface area contributed by atoms with Gasteiger partial charge in [-0.05, 0) is 35.9 Å². The molecule has 1 N–H and O–H groups in total. The summed E-state index contributed by atoms with van der Waals surface area (Å²) in [6.45, 7) is 0. The molecular weight excluding hydrogens is 315 g/mol. The van der Waals surface area contributed by atoms with E-state index in [0.717, 1.165) is 6.07 Å². The number of hydrogen-bond donors (Lipinski definition) is 1. The Morgan fingerprint density at radius 1 is 1.19 bits per heavy atom. The maximum Gasteiger partial charge on any atom is 0.261 e. The summed E-state index contributed by atoms with van der Waals surface area (Å²) < 4.78 is 40.0. The van der Waals surface area contributed by atoms with E-state index in [4.69, 9.17) is 16.9 Å². The molecule has 0 aliphatic heterocycles. The highest BCUT2D eigenvalue weighted by Gasteiger charge is 2.16. The molecule has 0 aromatic heterocycles. The molecule has 4 nitrogen and oxygen atoms in total. The van der Waals surface area contributed by atoms with Gasteiger partial charge in [0, 0.05) is 5.02 Å². The lowest BCUT2D eigenvalue weighted by atomic mass is 10.2. The zero-order chi connectivity index (χ0) is 15.5. The molecule has 2 aromatic carbocycles. The summed E-state index contributed by atoms with van der Waals surface area (Å²) in [6.07, 6.45) is 0.191. The molecule has 0 aliphatic carbocycles. The van der Waals surface area contributed by atoms with Gasteiger partial charge in [0.1, 0.15) is 5.82 Å². The van der Waals surface area contributed by atoms with Crippen LogP contribution < -0.4 is 4.72 Å². The second-order valence-corrected chi connectivity index (χ2v) is 6.33. The molecule has 0 aliphatic rings. The van der Waals surface area contributed by atoms with Crippen molar-refractivity contribution in [2.75, 3.05) is 4.72 Å². The van der Waals surface area contributed by atoms with Crippen molar-refractivity contribution in [1.29, 1.82) is 5.26 Å². The number of halogens is 2. The van der Waals surface area contributed by atoms with Crippen LogP contribution in [0.2, 0.25) is 5.02 Å². The number of hydrogen-bond acceptors (Lipinski definition) is 3. The first-order valence-corrected chi connectivity index (χ1v) is 7.72. The Balaban J connectivity index is 2.30. The Kier molecular flexibility index (Phi) is 4.46. The minimum absolute atomic E-state index is 0.0245. The van der Waals surface area contributed by atoms with E-state index >= 15 is 0 Å². The van der Waals surface area contributed by atoms with Crippen LogP contribution in [-0.2, 0) is 16.4 Å². The second-order valence-electron chi connectivity index (χ2n) is 4.21. The summed E-state index contributed by atoms with van der Waals surface area (Å²) in [5, 5.41) is 8.79. The molecule has 0 fully saturated rings. The first-order valence-electron chi connectivity index (χ1n) is 5.86. The number of sulfonamides is 1. The quantitative estimate of drug-likeness (QED) is 0.937. The molecule has 2 aromatic rings. The first kappa shape index (κ1) is 15.3. The van der Waals surface area contributed by atoms with Crippen LogP contribution in [0.4, 0.5) is 10.1 Å². The van der Waals surface area contributed by atoms with Gasteiger partial charge in [-0.3, -0.25) is 4.72 Å². The Hall–Kier alpha value is -2.10. The van der Waals surface area contributed by atoms with E-state index in [2.05, 4.69) is 4.72 Å². The lowest BCUT2D eigenvalue weighted by Crippen LogP contribution is -2.14. The van der Waals surface area contributed by atoms with E-state index < -0.39 is 15.8 Å². The maximum atomic E-state index is 13.6. The highest BCUT2D eigenvalue weighted by Crippen LogP contribution is 2.23. The van der Waals surface area contributed by atoms with Crippen molar-refractivity contribution in [3.05, 3.63) is 58.9 Å². The van der Waals surface area contributed by atoms with Gasteiger partial charge in [0.2, 0.25) is 0 Å². The number of nitrogens with zero attached hydrogens (tertiary/aromatic N) is 1. The predicted octanol–water partition coefficient (Wildman–Crippen LogP) is 3.35. The van der Waals surface area contributed by atoms with Gasteiger partial charge < -0.3 is 0 Å². The minimum atomic E-state index is -3.92. The van der Waals surface area contributed by atoms with Crippen molar-refractivity contribution < 1.29 is 12.8 Å². The number of rotatable bonds is 4. The van der Waals surface area contributed by atoms with Crippen LogP contribution in [0.3, 0.4) is 0 Å². The molecule has 2 rings (SSSR count). The zero-order valence-electron chi connectivity index (χ0n) is 10.7. The topological polar surface area (TPSA) is 70.0 Å². The molecule has 0 spiro atoms. The summed E-state index contributed by atoms with van der Waals surface area (Å²) in [5.74, 6) is -0.718. The van der Waals surface area contributed by atoms with E-state index in [1.165, 1.54) is 36.4 Å². The van der Waals surface area contributed by atoms with E-state index in [9.17, 15) is 12.8 Å². The lowest BCUT2D eigenvalue weighted by molar-refractivity contribution is 0.598. The van der Waals surface area contributed by atoms with Crippen molar-refractivity contribution in [3.63, 3.8) is 0 Å². The first-order chi connectivity index (χ1) is 9.92. The van der Waals surface area contributed by atoms with E-state index in [1.54, 1.807) is 0 Å². The predicted molar refractivity (Wildman–Crippen MR) is 78.0 cm³/mol. The van der Waals surface area contributed by atoms with E-state index in [0.29, 0.717) is 5.56 Å². The number of anilines is 1. The van der Waals surface area contributed by atoms with Gasteiger partial charge in [-0.25, -0.2) is 12.8 Å². The van der Waals surface area contributed by atoms with Crippen molar-refractivity contribution in [3.8, 4) is 6.07 Å². The summed E-state index contributed by atoms with van der Waals surface area (Å²) in [7, 11) is -3.92. The van der Waals surface area contributed by atoms with Gasteiger partial charge in [0.05, 0.1) is 23.1 Å². The fourth-order valence-electron chi connectivity index (χ4n) is 1.66. The molecule has 0 radical (unpaired) electrons. The minimum Gasteiger partial charge on any atom is -0.277 e. The summed E-state index contributed by atoms with van der Waals surface area (Å²) in [5.41, 5.74) is 0.481. The van der Waals surface area contributed by atoms with Gasteiger partial charge in [0.25, 0.3) is 10.0 Å². The Morgan fingerprint density at radius 2 is 1.86 bits per heavy atom. The van der Waals surface area contributed by atoms with Crippen molar-refractivity contribution in [2.45, 2.75) is 11.3 Å². The third kappa shape index (κ3) is 3.72. The molecule has 0 saturated carbocycles. The van der Waals surface area contributed by atoms with Crippen LogP contribution in [0, 0.1) is 17.1 Å². The fraction of sp³-hybridized carbons (Fsp3) is 0.0714. The average Bonchev–Trinajstić information content (AvgIpc) is 2.44. The second kappa shape index (κ2) is 6.12. The molecule has 108 valence electrons. The Morgan fingerprint density at radius 3 is 2.48 bits per heavy atom. The third-order valence-corrected chi connectivity index (χ3v) is 4.31. The Bertz CT molecular complexity index is 799. The lowest BCUT2D eigenvalue weighted by Gasteiger charge is -2.09. The molecule has 0 amide bonds. The van der Waals surface area contributed by atoms with E-state index in [-0.39, 0.29) is 22.0 Å². The largest absolute Gasteiger partial charge is 0.277 e. The van der Waals surface area contributed by atoms with Crippen molar-refractivity contribution >= 4 is 27.3 Å². The third-order valence-electron chi connectivity index (χ3n) is 2.69. The van der Waals surface area contributed by atoms with Crippen molar-refractivity contribution in [1.82, 2.24) is 0 Å². The fourth-order valence-corrected chi connectivity index (χ4v) is 2.89. The van der Waals surface area contributed by atoms with Gasteiger partial charge in [-0.2, -0.15) is 5.26 Å². The van der Waals surface area contributed by atoms with Crippen LogP contribution >= 0.6 is 11.6 Å². The number of nitriles is 1. The monoisotopic (exact) mass is 324 g/mol. The molecule has 21 heavy (non-hydrogen) atoms. The summed E-state index contributed by atoms with van der Waals surface area (Å²) in [4.78, 5) is -0.0245.